The van der Waals surface area contributed by atoms with Crippen LogP contribution in [-0.2, 0) is 11.8 Å². The molecule has 0 amide bonds. The average molecular weight is 223 g/mol. The highest BCUT2D eigenvalue weighted by Gasteiger charge is 2.26. The number of aliphatic carboxylic acids is 1. The van der Waals surface area contributed by atoms with Gasteiger partial charge in [0, 0.05) is 25.4 Å². The van der Waals surface area contributed by atoms with Crippen LogP contribution in [0.1, 0.15) is 25.7 Å². The zero-order chi connectivity index (χ0) is 11.5. The monoisotopic (exact) mass is 223 g/mol. The minimum Gasteiger partial charge on any atom is -0.481 e. The third kappa shape index (κ3) is 2.53. The third-order valence-corrected chi connectivity index (χ3v) is 3.09. The summed E-state index contributed by atoms with van der Waals surface area (Å²) < 4.78 is 1.74. The van der Waals surface area contributed by atoms with Gasteiger partial charge in [-0.25, -0.2) is 0 Å². The Labute approximate surface area is 94.5 Å². The maximum absolute atomic E-state index is 10.9. The van der Waals surface area contributed by atoms with E-state index in [4.69, 9.17) is 5.11 Å². The molecule has 0 bridgehead atoms. The fourth-order valence-corrected chi connectivity index (χ4v) is 2.25. The molecule has 1 heterocycles. The molecule has 0 radical (unpaired) electrons. The number of carbonyl (C=O) groups is 1. The summed E-state index contributed by atoms with van der Waals surface area (Å²) in [5, 5.41) is 16.5. The third-order valence-electron chi connectivity index (χ3n) is 3.09. The lowest BCUT2D eigenvalue weighted by Gasteiger charge is -2.27. The molecule has 5 nitrogen and oxygen atoms in total. The molecule has 0 saturated heterocycles. The number of rotatable bonds is 3. The molecule has 88 valence electrons. The Balaban J connectivity index is 1.92. The molecule has 0 aliphatic heterocycles. The number of hydrogen-bond acceptors (Lipinski definition) is 3. The van der Waals surface area contributed by atoms with E-state index < -0.39 is 5.97 Å². The van der Waals surface area contributed by atoms with Crippen molar-refractivity contribution in [2.24, 2.45) is 13.0 Å². The molecule has 2 N–H and O–H groups in total. The first-order valence-corrected chi connectivity index (χ1v) is 5.64. The van der Waals surface area contributed by atoms with E-state index in [-0.39, 0.29) is 12.0 Å². The molecular formula is C11H17N3O2. The highest BCUT2D eigenvalue weighted by molar-refractivity contribution is 5.70. The van der Waals surface area contributed by atoms with Crippen molar-refractivity contribution in [3.63, 3.8) is 0 Å². The fraction of sp³-hybridized carbons (Fsp3) is 0.636. The van der Waals surface area contributed by atoms with Crippen LogP contribution in [0.3, 0.4) is 0 Å². The van der Waals surface area contributed by atoms with E-state index in [0.29, 0.717) is 6.42 Å². The van der Waals surface area contributed by atoms with Crippen LogP contribution < -0.4 is 5.32 Å². The predicted molar refractivity (Wildman–Crippen MR) is 60.2 cm³/mol. The molecule has 1 aromatic rings. The molecule has 0 spiro atoms. The van der Waals surface area contributed by atoms with Crippen LogP contribution in [0.4, 0.5) is 5.82 Å². The number of aryl methyl sites for hydroxylation is 1. The van der Waals surface area contributed by atoms with Gasteiger partial charge in [-0.2, -0.15) is 5.10 Å². The molecule has 0 aromatic carbocycles. The van der Waals surface area contributed by atoms with Crippen LogP contribution in [0.25, 0.3) is 0 Å². The number of hydrogen-bond donors (Lipinski definition) is 2. The summed E-state index contributed by atoms with van der Waals surface area (Å²) in [6, 6.07) is 2.15. The molecule has 1 saturated carbocycles. The van der Waals surface area contributed by atoms with Gasteiger partial charge in [0.2, 0.25) is 0 Å². The molecule has 16 heavy (non-hydrogen) atoms. The second-order valence-electron chi connectivity index (χ2n) is 4.42. The van der Waals surface area contributed by atoms with E-state index >= 15 is 0 Å². The van der Waals surface area contributed by atoms with Crippen molar-refractivity contribution in [2.45, 2.75) is 31.7 Å². The molecule has 1 fully saturated rings. The predicted octanol–water partition coefficient (Wildman–Crippen LogP) is 1.48. The fourth-order valence-electron chi connectivity index (χ4n) is 2.25. The Morgan fingerprint density at radius 2 is 2.44 bits per heavy atom. The van der Waals surface area contributed by atoms with Crippen molar-refractivity contribution >= 4 is 11.8 Å². The highest BCUT2D eigenvalue weighted by atomic mass is 16.4. The zero-order valence-electron chi connectivity index (χ0n) is 9.39. The molecule has 1 aliphatic rings. The largest absolute Gasteiger partial charge is 0.481 e. The summed E-state index contributed by atoms with van der Waals surface area (Å²) in [7, 11) is 1.87. The van der Waals surface area contributed by atoms with Gasteiger partial charge >= 0.3 is 5.97 Å². The van der Waals surface area contributed by atoms with Gasteiger partial charge in [-0.1, -0.05) is 6.42 Å². The minimum absolute atomic E-state index is 0.199. The van der Waals surface area contributed by atoms with Gasteiger partial charge in [0.25, 0.3) is 0 Å². The number of anilines is 1. The number of nitrogens with one attached hydrogen (secondary N) is 1. The Morgan fingerprint density at radius 3 is 3.06 bits per heavy atom. The molecular weight excluding hydrogens is 206 g/mol. The summed E-state index contributed by atoms with van der Waals surface area (Å²) in [5.74, 6) is -0.0407. The van der Waals surface area contributed by atoms with Gasteiger partial charge in [0.05, 0.1) is 5.92 Å². The van der Waals surface area contributed by atoms with Gasteiger partial charge < -0.3 is 10.4 Å². The van der Waals surface area contributed by atoms with E-state index in [9.17, 15) is 4.79 Å². The van der Waals surface area contributed by atoms with Crippen molar-refractivity contribution < 1.29 is 9.90 Å². The minimum atomic E-state index is -0.674. The summed E-state index contributed by atoms with van der Waals surface area (Å²) in [4.78, 5) is 10.9. The number of carboxylic acid groups (broad SMARTS) is 1. The topological polar surface area (TPSA) is 67.2 Å². The van der Waals surface area contributed by atoms with Gasteiger partial charge in [0.15, 0.2) is 0 Å². The standard InChI is InChI=1S/C11H17N3O2/c1-14-6-5-10(13-14)12-9-4-2-3-8(7-9)11(15)16/h5-6,8-9H,2-4,7H2,1H3,(H,12,13)(H,15,16). The molecule has 2 unspecified atom stereocenters. The van der Waals surface area contributed by atoms with Crippen LogP contribution in [0.15, 0.2) is 12.3 Å². The summed E-state index contributed by atoms with van der Waals surface area (Å²) in [6.07, 6.45) is 5.38. The van der Waals surface area contributed by atoms with E-state index in [1.807, 2.05) is 19.3 Å². The first kappa shape index (κ1) is 11.0. The first-order chi connectivity index (χ1) is 7.65. The van der Waals surface area contributed by atoms with E-state index in [0.717, 1.165) is 25.1 Å². The van der Waals surface area contributed by atoms with Crippen LogP contribution in [0, 0.1) is 5.92 Å². The maximum atomic E-state index is 10.9. The lowest BCUT2D eigenvalue weighted by molar-refractivity contribution is -0.142. The van der Waals surface area contributed by atoms with Gasteiger partial charge in [-0.3, -0.25) is 9.48 Å². The van der Waals surface area contributed by atoms with Gasteiger partial charge in [0.1, 0.15) is 5.82 Å². The second kappa shape index (κ2) is 4.55. The van der Waals surface area contributed by atoms with Crippen molar-refractivity contribution in [3.05, 3.63) is 12.3 Å². The quantitative estimate of drug-likeness (QED) is 0.814. The zero-order valence-corrected chi connectivity index (χ0v) is 9.39. The van der Waals surface area contributed by atoms with Crippen molar-refractivity contribution in [3.8, 4) is 0 Å². The highest BCUT2D eigenvalue weighted by Crippen LogP contribution is 2.26. The lowest BCUT2D eigenvalue weighted by Crippen LogP contribution is -2.31. The van der Waals surface area contributed by atoms with Crippen LogP contribution in [0.5, 0.6) is 0 Å². The smallest absolute Gasteiger partial charge is 0.306 e. The van der Waals surface area contributed by atoms with Crippen molar-refractivity contribution in [1.82, 2.24) is 9.78 Å². The summed E-state index contributed by atoms with van der Waals surface area (Å²) >= 11 is 0. The SMILES string of the molecule is Cn1ccc(NC2CCCC(C(=O)O)C2)n1. The van der Waals surface area contributed by atoms with E-state index in [2.05, 4.69) is 10.4 Å². The Bertz CT molecular complexity index is 375. The lowest BCUT2D eigenvalue weighted by atomic mass is 9.86. The average Bonchev–Trinajstić information content (AvgIpc) is 2.64. The molecule has 1 aromatic heterocycles. The van der Waals surface area contributed by atoms with Crippen LogP contribution in [-0.4, -0.2) is 26.9 Å². The normalized spacial score (nSPS) is 25.3. The molecule has 2 atom stereocenters. The number of carboxylic acids is 1. The van der Waals surface area contributed by atoms with E-state index in [1.54, 1.807) is 4.68 Å². The maximum Gasteiger partial charge on any atom is 0.306 e. The Hall–Kier alpha value is -1.52. The molecule has 5 heteroatoms. The number of nitrogens with zero attached hydrogens (tertiary/aromatic N) is 2. The van der Waals surface area contributed by atoms with Crippen LogP contribution >= 0.6 is 0 Å². The molecule has 2 rings (SSSR count). The number of aromatic nitrogens is 2. The van der Waals surface area contributed by atoms with Crippen molar-refractivity contribution in [2.75, 3.05) is 5.32 Å². The van der Waals surface area contributed by atoms with Gasteiger partial charge in [-0.15, -0.1) is 0 Å². The van der Waals surface area contributed by atoms with Crippen LogP contribution in [0.2, 0.25) is 0 Å². The molecule has 1 aliphatic carbocycles. The summed E-state index contributed by atoms with van der Waals surface area (Å²) in [5.41, 5.74) is 0. The van der Waals surface area contributed by atoms with E-state index in [1.165, 1.54) is 0 Å². The Kier molecular flexibility index (Phi) is 3.12. The Morgan fingerprint density at radius 1 is 1.62 bits per heavy atom. The summed E-state index contributed by atoms with van der Waals surface area (Å²) in [6.45, 7) is 0. The van der Waals surface area contributed by atoms with Crippen molar-refractivity contribution in [1.29, 1.82) is 0 Å². The second-order valence-corrected chi connectivity index (χ2v) is 4.42. The first-order valence-electron chi connectivity index (χ1n) is 5.64. The van der Waals surface area contributed by atoms with Gasteiger partial charge in [-0.05, 0) is 19.3 Å².